The van der Waals surface area contributed by atoms with Crippen molar-refractivity contribution in [1.82, 2.24) is 0 Å². The molecule has 0 atom stereocenters. The van der Waals surface area contributed by atoms with Gasteiger partial charge in [0.25, 0.3) is 0 Å². The molecule has 1 rings (SSSR count). The number of alkyl halides is 1. The highest BCUT2D eigenvalue weighted by atomic mass is 79.9. The molecule has 0 saturated carbocycles. The van der Waals surface area contributed by atoms with E-state index in [1.165, 1.54) is 25.7 Å². The summed E-state index contributed by atoms with van der Waals surface area (Å²) in [6.07, 6.45) is 9.50. The van der Waals surface area contributed by atoms with Crippen LogP contribution in [-0.2, 0) is 4.74 Å². The number of allylic oxidation sites excluding steroid dienone is 2. The number of methoxy groups -OCH3 is 1. The van der Waals surface area contributed by atoms with Gasteiger partial charge < -0.3 is 4.74 Å². The Morgan fingerprint density at radius 1 is 1.33 bits per heavy atom. The highest BCUT2D eigenvalue weighted by molar-refractivity contribution is 9.09. The standard InChI is InChI=1S/C10H17BrO/c1-12-9-10(8-11)6-4-2-3-5-7-10/h2-3H,4-9H2,1H3. The zero-order chi connectivity index (χ0) is 8.86. The Hall–Kier alpha value is 0.180. The summed E-state index contributed by atoms with van der Waals surface area (Å²) in [4.78, 5) is 0. The molecule has 0 aliphatic heterocycles. The summed E-state index contributed by atoms with van der Waals surface area (Å²) in [5, 5.41) is 1.06. The number of ether oxygens (including phenoxy) is 1. The highest BCUT2D eigenvalue weighted by Crippen LogP contribution is 2.34. The molecule has 1 nitrogen and oxygen atoms in total. The van der Waals surface area contributed by atoms with Gasteiger partial charge in [0.15, 0.2) is 0 Å². The summed E-state index contributed by atoms with van der Waals surface area (Å²) >= 11 is 3.60. The fourth-order valence-corrected chi connectivity index (χ4v) is 2.49. The Bertz CT molecular complexity index is 144. The Morgan fingerprint density at radius 2 is 1.92 bits per heavy atom. The predicted octanol–water partition coefficient (Wildman–Crippen LogP) is 3.14. The van der Waals surface area contributed by atoms with E-state index in [-0.39, 0.29) is 0 Å². The van der Waals surface area contributed by atoms with Crippen molar-refractivity contribution in [2.75, 3.05) is 19.0 Å². The minimum absolute atomic E-state index is 0.387. The molecule has 0 spiro atoms. The quantitative estimate of drug-likeness (QED) is 0.537. The predicted molar refractivity (Wildman–Crippen MR) is 55.7 cm³/mol. The van der Waals surface area contributed by atoms with Gasteiger partial charge in [-0.3, -0.25) is 0 Å². The first kappa shape index (κ1) is 10.3. The minimum atomic E-state index is 0.387. The summed E-state index contributed by atoms with van der Waals surface area (Å²) in [7, 11) is 1.79. The number of hydrogen-bond acceptors (Lipinski definition) is 1. The molecule has 0 bridgehead atoms. The first-order valence-electron chi connectivity index (χ1n) is 4.53. The zero-order valence-electron chi connectivity index (χ0n) is 7.68. The van der Waals surface area contributed by atoms with Gasteiger partial charge in [-0.15, -0.1) is 0 Å². The molecule has 0 fully saturated rings. The summed E-state index contributed by atoms with van der Waals surface area (Å²) < 4.78 is 5.27. The molecule has 0 saturated heterocycles. The maximum absolute atomic E-state index is 5.27. The van der Waals surface area contributed by atoms with E-state index in [4.69, 9.17) is 4.74 Å². The van der Waals surface area contributed by atoms with Crippen molar-refractivity contribution >= 4 is 15.9 Å². The van der Waals surface area contributed by atoms with E-state index in [0.717, 1.165) is 11.9 Å². The summed E-state index contributed by atoms with van der Waals surface area (Å²) in [5.41, 5.74) is 0.387. The summed E-state index contributed by atoms with van der Waals surface area (Å²) in [5.74, 6) is 0. The molecule has 1 aliphatic carbocycles. The van der Waals surface area contributed by atoms with Gasteiger partial charge in [-0.1, -0.05) is 28.1 Å². The first-order valence-corrected chi connectivity index (χ1v) is 5.65. The van der Waals surface area contributed by atoms with Crippen LogP contribution in [0.2, 0.25) is 0 Å². The van der Waals surface area contributed by atoms with Crippen LogP contribution in [0.15, 0.2) is 12.2 Å². The molecule has 12 heavy (non-hydrogen) atoms. The molecule has 0 N–H and O–H groups in total. The lowest BCUT2D eigenvalue weighted by molar-refractivity contribution is 0.0858. The van der Waals surface area contributed by atoms with E-state index in [0.29, 0.717) is 5.41 Å². The lowest BCUT2D eigenvalue weighted by Gasteiger charge is -2.29. The van der Waals surface area contributed by atoms with Gasteiger partial charge in [-0.05, 0) is 25.7 Å². The normalized spacial score (nSPS) is 22.2. The summed E-state index contributed by atoms with van der Waals surface area (Å²) in [6, 6.07) is 0. The van der Waals surface area contributed by atoms with E-state index in [2.05, 4.69) is 28.1 Å². The van der Waals surface area contributed by atoms with Crippen molar-refractivity contribution in [2.45, 2.75) is 25.7 Å². The average Bonchev–Trinajstić information content (AvgIpc) is 2.32. The van der Waals surface area contributed by atoms with Crippen LogP contribution in [-0.4, -0.2) is 19.0 Å². The van der Waals surface area contributed by atoms with Gasteiger partial charge in [-0.2, -0.15) is 0 Å². The number of hydrogen-bond donors (Lipinski definition) is 0. The molecule has 2 heteroatoms. The molecule has 0 aromatic carbocycles. The molecular weight excluding hydrogens is 216 g/mol. The van der Waals surface area contributed by atoms with Gasteiger partial charge >= 0.3 is 0 Å². The Kier molecular flexibility index (Phi) is 4.30. The second-order valence-corrected chi connectivity index (χ2v) is 4.18. The van der Waals surface area contributed by atoms with Crippen LogP contribution in [0.4, 0.5) is 0 Å². The van der Waals surface area contributed by atoms with E-state index in [9.17, 15) is 0 Å². The van der Waals surface area contributed by atoms with Gasteiger partial charge in [0, 0.05) is 17.9 Å². The van der Waals surface area contributed by atoms with Crippen molar-refractivity contribution in [3.8, 4) is 0 Å². The molecule has 0 unspecified atom stereocenters. The van der Waals surface area contributed by atoms with E-state index in [1.54, 1.807) is 7.11 Å². The van der Waals surface area contributed by atoms with Crippen LogP contribution in [0, 0.1) is 5.41 Å². The monoisotopic (exact) mass is 232 g/mol. The first-order chi connectivity index (χ1) is 5.83. The zero-order valence-corrected chi connectivity index (χ0v) is 9.27. The second-order valence-electron chi connectivity index (χ2n) is 3.62. The van der Waals surface area contributed by atoms with Gasteiger partial charge in [0.05, 0.1) is 6.61 Å². The number of rotatable bonds is 3. The Morgan fingerprint density at radius 3 is 2.33 bits per heavy atom. The van der Waals surface area contributed by atoms with Crippen LogP contribution in [0.3, 0.4) is 0 Å². The van der Waals surface area contributed by atoms with Gasteiger partial charge in [-0.25, -0.2) is 0 Å². The third-order valence-electron chi connectivity index (χ3n) is 2.58. The molecule has 1 aliphatic rings. The fourth-order valence-electron chi connectivity index (χ4n) is 1.76. The van der Waals surface area contributed by atoms with Crippen LogP contribution in [0.5, 0.6) is 0 Å². The van der Waals surface area contributed by atoms with Crippen molar-refractivity contribution in [3.63, 3.8) is 0 Å². The minimum Gasteiger partial charge on any atom is -0.384 e. The smallest absolute Gasteiger partial charge is 0.0526 e. The fraction of sp³-hybridized carbons (Fsp3) is 0.800. The molecule has 0 heterocycles. The Labute approximate surface area is 83.3 Å². The van der Waals surface area contributed by atoms with Crippen molar-refractivity contribution in [2.24, 2.45) is 5.41 Å². The molecule has 0 radical (unpaired) electrons. The van der Waals surface area contributed by atoms with Crippen molar-refractivity contribution in [3.05, 3.63) is 12.2 Å². The van der Waals surface area contributed by atoms with Crippen LogP contribution in [0.1, 0.15) is 25.7 Å². The Balaban J connectivity index is 2.52. The molecular formula is C10H17BrO. The van der Waals surface area contributed by atoms with Crippen LogP contribution >= 0.6 is 15.9 Å². The maximum Gasteiger partial charge on any atom is 0.0526 e. The highest BCUT2D eigenvalue weighted by Gasteiger charge is 2.28. The third-order valence-corrected chi connectivity index (χ3v) is 3.77. The van der Waals surface area contributed by atoms with Crippen molar-refractivity contribution in [1.29, 1.82) is 0 Å². The van der Waals surface area contributed by atoms with E-state index in [1.807, 2.05) is 0 Å². The van der Waals surface area contributed by atoms with E-state index < -0.39 is 0 Å². The lowest BCUT2D eigenvalue weighted by atomic mass is 9.83. The van der Waals surface area contributed by atoms with Gasteiger partial charge in [0.1, 0.15) is 0 Å². The van der Waals surface area contributed by atoms with Gasteiger partial charge in [0.2, 0.25) is 0 Å². The largest absolute Gasteiger partial charge is 0.384 e. The molecule has 70 valence electrons. The third kappa shape index (κ3) is 2.60. The SMILES string of the molecule is COCC1(CBr)CCC=CCC1. The molecule has 0 aromatic heterocycles. The second kappa shape index (κ2) is 5.03. The van der Waals surface area contributed by atoms with Crippen molar-refractivity contribution < 1.29 is 4.74 Å². The lowest BCUT2D eigenvalue weighted by Crippen LogP contribution is -2.27. The van der Waals surface area contributed by atoms with Crippen LogP contribution < -0.4 is 0 Å². The maximum atomic E-state index is 5.27. The number of halogens is 1. The topological polar surface area (TPSA) is 9.23 Å². The van der Waals surface area contributed by atoms with Crippen LogP contribution in [0.25, 0.3) is 0 Å². The summed E-state index contributed by atoms with van der Waals surface area (Å²) in [6.45, 7) is 0.889. The molecule has 0 amide bonds. The molecule has 0 aromatic rings. The van der Waals surface area contributed by atoms with E-state index >= 15 is 0 Å². The average molecular weight is 233 g/mol.